The lowest BCUT2D eigenvalue weighted by Crippen LogP contribution is -2.03. The molecular formula is C24H38O4. The number of ether oxygens (including phenoxy) is 2. The van der Waals surface area contributed by atoms with E-state index in [4.69, 9.17) is 9.47 Å². The van der Waals surface area contributed by atoms with Crippen molar-refractivity contribution in [2.75, 3.05) is 0 Å². The van der Waals surface area contributed by atoms with Crippen molar-refractivity contribution >= 4 is 11.9 Å². The van der Waals surface area contributed by atoms with E-state index >= 15 is 0 Å². The van der Waals surface area contributed by atoms with Gasteiger partial charge in [-0.05, 0) is 51.7 Å². The van der Waals surface area contributed by atoms with Crippen LogP contribution in [0.25, 0.3) is 0 Å². The molecule has 0 aliphatic carbocycles. The summed E-state index contributed by atoms with van der Waals surface area (Å²) in [7, 11) is 0. The number of cyclic esters (lactones) is 2. The molecule has 158 valence electrons. The van der Waals surface area contributed by atoms with Gasteiger partial charge in [0.1, 0.15) is 12.2 Å². The van der Waals surface area contributed by atoms with Crippen molar-refractivity contribution in [2.24, 2.45) is 0 Å². The van der Waals surface area contributed by atoms with Gasteiger partial charge in [0.15, 0.2) is 0 Å². The van der Waals surface area contributed by atoms with Crippen molar-refractivity contribution in [3.63, 3.8) is 0 Å². The van der Waals surface area contributed by atoms with Gasteiger partial charge in [-0.3, -0.25) is 0 Å². The van der Waals surface area contributed by atoms with Gasteiger partial charge < -0.3 is 9.47 Å². The molecule has 0 saturated heterocycles. The molecule has 2 atom stereocenters. The van der Waals surface area contributed by atoms with E-state index in [2.05, 4.69) is 0 Å². The summed E-state index contributed by atoms with van der Waals surface area (Å²) in [6.07, 6.45) is 20.7. The number of unbranched alkanes of at least 4 members (excludes halogenated alkanes) is 11. The van der Waals surface area contributed by atoms with Crippen LogP contribution >= 0.6 is 0 Å². The van der Waals surface area contributed by atoms with E-state index in [9.17, 15) is 9.59 Å². The van der Waals surface area contributed by atoms with Crippen molar-refractivity contribution in [3.8, 4) is 0 Å². The number of hydrogen-bond acceptors (Lipinski definition) is 4. The molecule has 0 fully saturated rings. The summed E-state index contributed by atoms with van der Waals surface area (Å²) < 4.78 is 10.2. The Labute approximate surface area is 170 Å². The molecule has 2 aliphatic heterocycles. The summed E-state index contributed by atoms with van der Waals surface area (Å²) in [5, 5.41) is 0. The van der Waals surface area contributed by atoms with E-state index < -0.39 is 0 Å². The van der Waals surface area contributed by atoms with Crippen LogP contribution in [0.4, 0.5) is 0 Å². The molecule has 2 heterocycles. The van der Waals surface area contributed by atoms with E-state index in [1.807, 2.05) is 26.0 Å². The molecule has 4 heteroatoms. The van der Waals surface area contributed by atoms with E-state index in [0.717, 1.165) is 36.8 Å². The average Bonchev–Trinajstić information content (AvgIpc) is 3.14. The van der Waals surface area contributed by atoms with Gasteiger partial charge in [-0.2, -0.15) is 0 Å². The molecule has 0 aromatic carbocycles. The maximum atomic E-state index is 11.5. The molecule has 0 amide bonds. The topological polar surface area (TPSA) is 52.6 Å². The lowest BCUT2D eigenvalue weighted by atomic mass is 10.0. The second kappa shape index (κ2) is 12.8. The molecule has 28 heavy (non-hydrogen) atoms. The molecule has 0 aromatic heterocycles. The largest absolute Gasteiger partial charge is 0.455 e. The monoisotopic (exact) mass is 390 g/mol. The fourth-order valence-corrected chi connectivity index (χ4v) is 4.03. The lowest BCUT2D eigenvalue weighted by molar-refractivity contribution is -0.140. The van der Waals surface area contributed by atoms with Gasteiger partial charge in [0.05, 0.1) is 0 Å². The lowest BCUT2D eigenvalue weighted by Gasteiger charge is -2.04. The van der Waals surface area contributed by atoms with Crippen LogP contribution in [0.5, 0.6) is 0 Å². The Morgan fingerprint density at radius 1 is 0.571 bits per heavy atom. The highest BCUT2D eigenvalue weighted by molar-refractivity contribution is 5.91. The molecule has 0 spiro atoms. The zero-order valence-corrected chi connectivity index (χ0v) is 17.8. The normalized spacial score (nSPS) is 21.5. The van der Waals surface area contributed by atoms with E-state index in [0.29, 0.717) is 0 Å². The Kier molecular flexibility index (Phi) is 10.4. The number of rotatable bonds is 15. The zero-order chi connectivity index (χ0) is 20.2. The fourth-order valence-electron chi connectivity index (χ4n) is 4.03. The first-order chi connectivity index (χ1) is 13.6. The molecule has 0 aromatic rings. The number of hydrogen-bond donors (Lipinski definition) is 0. The molecule has 0 radical (unpaired) electrons. The van der Waals surface area contributed by atoms with Crippen LogP contribution in [-0.2, 0) is 19.1 Å². The maximum Gasteiger partial charge on any atom is 0.334 e. The van der Waals surface area contributed by atoms with Gasteiger partial charge >= 0.3 is 11.9 Å². The van der Waals surface area contributed by atoms with Gasteiger partial charge in [0, 0.05) is 11.1 Å². The summed E-state index contributed by atoms with van der Waals surface area (Å²) in [6.45, 7) is 3.83. The Morgan fingerprint density at radius 3 is 1.11 bits per heavy atom. The fraction of sp³-hybridized carbons (Fsp3) is 0.750. The first kappa shape index (κ1) is 22.7. The Morgan fingerprint density at radius 2 is 0.857 bits per heavy atom. The highest BCUT2D eigenvalue weighted by Crippen LogP contribution is 2.21. The van der Waals surface area contributed by atoms with Gasteiger partial charge in [-0.1, -0.05) is 64.2 Å². The summed E-state index contributed by atoms with van der Waals surface area (Å²) in [4.78, 5) is 23.0. The Balaban J connectivity index is 1.30. The van der Waals surface area contributed by atoms with Crippen LogP contribution in [0.1, 0.15) is 104 Å². The van der Waals surface area contributed by atoms with E-state index in [1.54, 1.807) is 0 Å². The SMILES string of the molecule is C[C@@H]1C=C(CCCCCCCCCCCCCCC2=C[C@H](C)OC2=O)C(=O)O1. The van der Waals surface area contributed by atoms with Crippen molar-refractivity contribution in [2.45, 2.75) is 116 Å². The number of esters is 2. The minimum atomic E-state index is -0.111. The molecule has 4 nitrogen and oxygen atoms in total. The predicted molar refractivity (Wildman–Crippen MR) is 112 cm³/mol. The maximum absolute atomic E-state index is 11.5. The molecule has 0 bridgehead atoms. The highest BCUT2D eigenvalue weighted by Gasteiger charge is 2.21. The van der Waals surface area contributed by atoms with Crippen LogP contribution in [-0.4, -0.2) is 24.1 Å². The van der Waals surface area contributed by atoms with Crippen LogP contribution in [0, 0.1) is 0 Å². The van der Waals surface area contributed by atoms with Crippen LogP contribution in [0.2, 0.25) is 0 Å². The van der Waals surface area contributed by atoms with Gasteiger partial charge in [-0.25, -0.2) is 9.59 Å². The number of carbonyl (C=O) groups excluding carboxylic acids is 2. The second-order valence-corrected chi connectivity index (χ2v) is 8.35. The van der Waals surface area contributed by atoms with E-state index in [1.165, 1.54) is 64.2 Å². The van der Waals surface area contributed by atoms with Crippen molar-refractivity contribution in [1.29, 1.82) is 0 Å². The summed E-state index contributed by atoms with van der Waals surface area (Å²) in [6, 6.07) is 0. The van der Waals surface area contributed by atoms with Gasteiger partial charge in [-0.15, -0.1) is 0 Å². The molecule has 2 aliphatic rings. The van der Waals surface area contributed by atoms with Gasteiger partial charge in [0.2, 0.25) is 0 Å². The van der Waals surface area contributed by atoms with Crippen LogP contribution in [0.3, 0.4) is 0 Å². The van der Waals surface area contributed by atoms with E-state index in [-0.39, 0.29) is 24.1 Å². The summed E-state index contributed by atoms with van der Waals surface area (Å²) in [5.74, 6) is -0.222. The standard InChI is InChI=1S/C24H38O4/c1-19-17-21(23(25)27-19)15-13-11-9-7-5-3-4-6-8-10-12-14-16-22-18-20(2)28-24(22)26/h17-20H,3-16H2,1-2H3/t19-,20+. The third-order valence-corrected chi connectivity index (χ3v) is 5.62. The first-order valence-electron chi connectivity index (χ1n) is 11.4. The molecule has 0 saturated carbocycles. The molecule has 0 N–H and O–H groups in total. The van der Waals surface area contributed by atoms with Gasteiger partial charge in [0.25, 0.3) is 0 Å². The molecular weight excluding hydrogens is 352 g/mol. The zero-order valence-electron chi connectivity index (χ0n) is 17.8. The van der Waals surface area contributed by atoms with Crippen molar-refractivity contribution in [3.05, 3.63) is 23.3 Å². The second-order valence-electron chi connectivity index (χ2n) is 8.35. The smallest absolute Gasteiger partial charge is 0.334 e. The quantitative estimate of drug-likeness (QED) is 0.247. The number of carbonyl (C=O) groups is 2. The highest BCUT2D eigenvalue weighted by atomic mass is 16.6. The average molecular weight is 391 g/mol. The first-order valence-corrected chi connectivity index (χ1v) is 11.4. The molecule has 0 unspecified atom stereocenters. The van der Waals surface area contributed by atoms with Crippen LogP contribution < -0.4 is 0 Å². The third kappa shape index (κ3) is 8.62. The Bertz CT molecular complexity index is 511. The third-order valence-electron chi connectivity index (χ3n) is 5.62. The molecule has 2 rings (SSSR count). The summed E-state index contributed by atoms with van der Waals surface area (Å²) in [5.41, 5.74) is 1.75. The minimum absolute atomic E-state index is 0.0326. The predicted octanol–water partition coefficient (Wildman–Crippen LogP) is 6.19. The Hall–Kier alpha value is -1.58. The van der Waals surface area contributed by atoms with Crippen molar-refractivity contribution in [1.82, 2.24) is 0 Å². The minimum Gasteiger partial charge on any atom is -0.455 e. The van der Waals surface area contributed by atoms with Crippen LogP contribution in [0.15, 0.2) is 23.3 Å². The van der Waals surface area contributed by atoms with Crippen molar-refractivity contribution < 1.29 is 19.1 Å². The summed E-state index contributed by atoms with van der Waals surface area (Å²) >= 11 is 0.